The Labute approximate surface area is 144 Å². The standard InChI is InChI=1S/C15H19F3N4O2S/c1-9(2)19-8-12-10(3)14(15(16,17)18)21-22(12)11-5-6-13(20-7-11)25(4,23)24/h5-7,9,19H,8H2,1-4H3. The molecule has 2 heterocycles. The average molecular weight is 376 g/mol. The third kappa shape index (κ3) is 4.37. The zero-order valence-corrected chi connectivity index (χ0v) is 15.0. The third-order valence-electron chi connectivity index (χ3n) is 3.54. The number of aromatic nitrogens is 3. The van der Waals surface area contributed by atoms with E-state index in [1.54, 1.807) is 0 Å². The summed E-state index contributed by atoms with van der Waals surface area (Å²) in [4.78, 5) is 3.81. The largest absolute Gasteiger partial charge is 0.435 e. The van der Waals surface area contributed by atoms with Gasteiger partial charge in [-0.25, -0.2) is 18.1 Å². The molecule has 0 bridgehead atoms. The second-order valence-electron chi connectivity index (χ2n) is 5.99. The van der Waals surface area contributed by atoms with E-state index in [9.17, 15) is 21.6 Å². The van der Waals surface area contributed by atoms with Crippen molar-refractivity contribution in [3.63, 3.8) is 0 Å². The van der Waals surface area contributed by atoms with Crippen LogP contribution in [0.1, 0.15) is 30.8 Å². The maximum Gasteiger partial charge on any atom is 0.435 e. The number of hydrogen-bond donors (Lipinski definition) is 1. The van der Waals surface area contributed by atoms with Crippen molar-refractivity contribution < 1.29 is 21.6 Å². The first-order valence-electron chi connectivity index (χ1n) is 7.47. The summed E-state index contributed by atoms with van der Waals surface area (Å²) in [7, 11) is -3.49. The SMILES string of the molecule is Cc1c(C(F)(F)F)nn(-c2ccc(S(C)(=O)=O)nc2)c1CNC(C)C. The highest BCUT2D eigenvalue weighted by atomic mass is 32.2. The first-order valence-corrected chi connectivity index (χ1v) is 9.36. The molecule has 0 atom stereocenters. The fourth-order valence-electron chi connectivity index (χ4n) is 2.24. The van der Waals surface area contributed by atoms with Gasteiger partial charge in [-0.1, -0.05) is 13.8 Å². The van der Waals surface area contributed by atoms with Gasteiger partial charge < -0.3 is 5.32 Å². The van der Waals surface area contributed by atoms with Crippen molar-refractivity contribution >= 4 is 9.84 Å². The van der Waals surface area contributed by atoms with Crippen LogP contribution in [0, 0.1) is 6.92 Å². The minimum absolute atomic E-state index is 0.0211. The fraction of sp³-hybridized carbons (Fsp3) is 0.467. The Bertz CT molecular complexity index is 856. The van der Waals surface area contributed by atoms with Crippen LogP contribution in [0.4, 0.5) is 13.2 Å². The number of hydrogen-bond acceptors (Lipinski definition) is 5. The summed E-state index contributed by atoms with van der Waals surface area (Å²) < 4.78 is 63.6. The molecule has 10 heteroatoms. The lowest BCUT2D eigenvalue weighted by molar-refractivity contribution is -0.141. The molecule has 0 aliphatic carbocycles. The monoisotopic (exact) mass is 376 g/mol. The maximum absolute atomic E-state index is 13.2. The van der Waals surface area contributed by atoms with Gasteiger partial charge in [-0.3, -0.25) is 0 Å². The molecule has 0 spiro atoms. The Morgan fingerprint density at radius 1 is 1.28 bits per heavy atom. The molecule has 2 aromatic heterocycles. The van der Waals surface area contributed by atoms with Crippen molar-refractivity contribution in [2.24, 2.45) is 0 Å². The van der Waals surface area contributed by atoms with Gasteiger partial charge in [0.25, 0.3) is 0 Å². The van der Waals surface area contributed by atoms with E-state index < -0.39 is 21.7 Å². The fourth-order valence-corrected chi connectivity index (χ4v) is 2.80. The summed E-state index contributed by atoms with van der Waals surface area (Å²) in [5.74, 6) is 0. The zero-order valence-electron chi connectivity index (χ0n) is 14.2. The molecule has 2 rings (SSSR count). The molecule has 25 heavy (non-hydrogen) atoms. The first kappa shape index (κ1) is 19.4. The van der Waals surface area contributed by atoms with Gasteiger partial charge in [0.15, 0.2) is 20.6 Å². The minimum Gasteiger partial charge on any atom is -0.309 e. The van der Waals surface area contributed by atoms with E-state index in [-0.39, 0.29) is 28.9 Å². The van der Waals surface area contributed by atoms with Gasteiger partial charge >= 0.3 is 6.18 Å². The molecule has 2 aromatic rings. The summed E-state index contributed by atoms with van der Waals surface area (Å²) in [6, 6.07) is 2.70. The van der Waals surface area contributed by atoms with Gasteiger partial charge in [0.1, 0.15) is 0 Å². The number of alkyl halides is 3. The van der Waals surface area contributed by atoms with Crippen molar-refractivity contribution in [3.05, 3.63) is 35.3 Å². The molecule has 0 saturated carbocycles. The zero-order chi connectivity index (χ0) is 19.0. The predicted molar refractivity (Wildman–Crippen MR) is 86.2 cm³/mol. The lowest BCUT2D eigenvalue weighted by atomic mass is 10.2. The molecule has 1 N–H and O–H groups in total. The summed E-state index contributed by atoms with van der Waals surface area (Å²) in [5, 5.41) is 6.60. The van der Waals surface area contributed by atoms with Crippen LogP contribution in [-0.4, -0.2) is 35.5 Å². The molecular weight excluding hydrogens is 357 g/mol. The van der Waals surface area contributed by atoms with Crippen molar-refractivity contribution in [1.82, 2.24) is 20.1 Å². The summed E-state index contributed by atoms with van der Waals surface area (Å²) >= 11 is 0. The smallest absolute Gasteiger partial charge is 0.309 e. The van der Waals surface area contributed by atoms with Crippen LogP contribution < -0.4 is 5.32 Å². The molecule has 0 aliphatic rings. The van der Waals surface area contributed by atoms with Crippen LogP contribution in [0.3, 0.4) is 0 Å². The summed E-state index contributed by atoms with van der Waals surface area (Å²) in [6.45, 7) is 5.30. The number of rotatable bonds is 5. The molecule has 6 nitrogen and oxygen atoms in total. The number of sulfone groups is 1. The molecular formula is C15H19F3N4O2S. The van der Waals surface area contributed by atoms with Crippen LogP contribution in [0.5, 0.6) is 0 Å². The molecule has 0 fully saturated rings. The van der Waals surface area contributed by atoms with Gasteiger partial charge in [-0.2, -0.15) is 18.3 Å². The van der Waals surface area contributed by atoms with E-state index in [2.05, 4.69) is 15.4 Å². The lowest BCUT2D eigenvalue weighted by Crippen LogP contribution is -2.24. The molecule has 0 radical (unpaired) electrons. The molecule has 138 valence electrons. The topological polar surface area (TPSA) is 76.9 Å². The van der Waals surface area contributed by atoms with Gasteiger partial charge in [0.05, 0.1) is 17.6 Å². The predicted octanol–water partition coefficient (Wildman–Crippen LogP) is 2.50. The van der Waals surface area contributed by atoms with E-state index in [1.165, 1.54) is 25.3 Å². The van der Waals surface area contributed by atoms with E-state index in [1.807, 2.05) is 13.8 Å². The van der Waals surface area contributed by atoms with Gasteiger partial charge in [0.2, 0.25) is 0 Å². The van der Waals surface area contributed by atoms with Crippen LogP contribution in [0.25, 0.3) is 5.69 Å². The van der Waals surface area contributed by atoms with E-state index in [0.29, 0.717) is 5.69 Å². The highest BCUT2D eigenvalue weighted by Gasteiger charge is 2.38. The molecule has 0 aromatic carbocycles. The van der Waals surface area contributed by atoms with Crippen molar-refractivity contribution in [1.29, 1.82) is 0 Å². The Morgan fingerprint density at radius 2 is 1.92 bits per heavy atom. The van der Waals surface area contributed by atoms with Gasteiger partial charge in [0, 0.05) is 24.4 Å². The summed E-state index contributed by atoms with van der Waals surface area (Å²) in [5.41, 5.74) is -0.352. The first-order chi connectivity index (χ1) is 11.4. The Kier molecular flexibility index (Phi) is 5.24. The van der Waals surface area contributed by atoms with Crippen LogP contribution in [-0.2, 0) is 22.6 Å². The Morgan fingerprint density at radius 3 is 2.36 bits per heavy atom. The molecule has 0 aliphatic heterocycles. The van der Waals surface area contributed by atoms with Crippen LogP contribution >= 0.6 is 0 Å². The molecule has 0 saturated heterocycles. The summed E-state index contributed by atoms with van der Waals surface area (Å²) in [6.07, 6.45) is -2.38. The average Bonchev–Trinajstić information content (AvgIpc) is 2.81. The van der Waals surface area contributed by atoms with Crippen LogP contribution in [0.15, 0.2) is 23.4 Å². The molecule has 0 unspecified atom stereocenters. The quantitative estimate of drug-likeness (QED) is 0.868. The lowest BCUT2D eigenvalue weighted by Gasteiger charge is -2.12. The van der Waals surface area contributed by atoms with E-state index in [0.717, 1.165) is 10.9 Å². The van der Waals surface area contributed by atoms with Crippen molar-refractivity contribution in [2.45, 2.75) is 44.6 Å². The van der Waals surface area contributed by atoms with Crippen molar-refractivity contribution in [3.8, 4) is 5.69 Å². The number of pyridine rings is 1. The second kappa shape index (κ2) is 6.75. The Balaban J connectivity index is 2.55. The van der Waals surface area contributed by atoms with Gasteiger partial charge in [-0.05, 0) is 19.1 Å². The number of halogens is 3. The van der Waals surface area contributed by atoms with Gasteiger partial charge in [-0.15, -0.1) is 0 Å². The van der Waals surface area contributed by atoms with E-state index >= 15 is 0 Å². The second-order valence-corrected chi connectivity index (χ2v) is 7.95. The normalized spacial score (nSPS) is 12.8. The molecule has 0 amide bonds. The number of nitrogens with zero attached hydrogens (tertiary/aromatic N) is 3. The number of nitrogens with one attached hydrogen (secondary N) is 1. The van der Waals surface area contributed by atoms with Crippen LogP contribution in [0.2, 0.25) is 0 Å². The van der Waals surface area contributed by atoms with E-state index in [4.69, 9.17) is 0 Å². The minimum atomic E-state index is -4.58. The highest BCUT2D eigenvalue weighted by Crippen LogP contribution is 2.33. The Hall–Kier alpha value is -1.94. The highest BCUT2D eigenvalue weighted by molar-refractivity contribution is 7.90. The third-order valence-corrected chi connectivity index (χ3v) is 4.54. The maximum atomic E-state index is 13.2. The van der Waals surface area contributed by atoms with Crippen molar-refractivity contribution in [2.75, 3.05) is 6.26 Å².